The third kappa shape index (κ3) is 2.04. The predicted molar refractivity (Wildman–Crippen MR) is 63.4 cm³/mol. The van der Waals surface area contributed by atoms with Crippen LogP contribution >= 0.6 is 24.0 Å². The molecule has 2 rings (SSSR count). The van der Waals surface area contributed by atoms with Crippen molar-refractivity contribution >= 4 is 40.5 Å². The van der Waals surface area contributed by atoms with Gasteiger partial charge in [-0.25, -0.2) is 4.98 Å². The standard InChI is InChI=1S/C10H9NO2S2/c12-5-7(13)9(14)10-11-6-3-1-2-4-8(6)15-10/h1-5,7,9,13-14H. The van der Waals surface area contributed by atoms with Crippen molar-refractivity contribution < 1.29 is 9.90 Å². The Morgan fingerprint density at radius 1 is 1.47 bits per heavy atom. The van der Waals surface area contributed by atoms with Crippen LogP contribution in [0.5, 0.6) is 0 Å². The van der Waals surface area contributed by atoms with Gasteiger partial charge in [0, 0.05) is 0 Å². The maximum Gasteiger partial charge on any atom is 0.150 e. The van der Waals surface area contributed by atoms with Gasteiger partial charge in [-0.2, -0.15) is 12.6 Å². The van der Waals surface area contributed by atoms with E-state index >= 15 is 0 Å². The SMILES string of the molecule is O=CC(O)C(S)c1nc2ccccc2s1. The number of aromatic nitrogens is 1. The molecule has 0 fully saturated rings. The Kier molecular flexibility index (Phi) is 3.04. The van der Waals surface area contributed by atoms with Gasteiger partial charge in [-0.3, -0.25) is 0 Å². The maximum atomic E-state index is 10.4. The van der Waals surface area contributed by atoms with Crippen molar-refractivity contribution in [1.82, 2.24) is 4.98 Å². The van der Waals surface area contributed by atoms with Gasteiger partial charge in [0.2, 0.25) is 0 Å². The zero-order chi connectivity index (χ0) is 10.8. The Labute approximate surface area is 96.2 Å². The van der Waals surface area contributed by atoms with Crippen LogP contribution in [0.3, 0.4) is 0 Å². The van der Waals surface area contributed by atoms with Crippen LogP contribution in [-0.4, -0.2) is 22.5 Å². The van der Waals surface area contributed by atoms with E-state index < -0.39 is 11.4 Å². The molecule has 0 bridgehead atoms. The Hall–Kier alpha value is -0.910. The third-order valence-electron chi connectivity index (χ3n) is 2.03. The Balaban J connectivity index is 2.40. The molecule has 5 heteroatoms. The van der Waals surface area contributed by atoms with E-state index in [0.29, 0.717) is 11.3 Å². The molecule has 2 atom stereocenters. The number of fused-ring (bicyclic) bond motifs is 1. The van der Waals surface area contributed by atoms with Gasteiger partial charge in [-0.05, 0) is 12.1 Å². The number of rotatable bonds is 3. The highest BCUT2D eigenvalue weighted by atomic mass is 32.1. The van der Waals surface area contributed by atoms with Crippen LogP contribution in [0, 0.1) is 0 Å². The van der Waals surface area contributed by atoms with E-state index in [-0.39, 0.29) is 0 Å². The summed E-state index contributed by atoms with van der Waals surface area (Å²) in [5.74, 6) is 0. The van der Waals surface area contributed by atoms with Gasteiger partial charge in [0.1, 0.15) is 17.4 Å². The summed E-state index contributed by atoms with van der Waals surface area (Å²) in [4.78, 5) is 14.7. The van der Waals surface area contributed by atoms with Gasteiger partial charge < -0.3 is 9.90 Å². The van der Waals surface area contributed by atoms with Gasteiger partial charge in [0.05, 0.1) is 15.5 Å². The molecule has 2 unspecified atom stereocenters. The molecule has 1 heterocycles. The highest BCUT2D eigenvalue weighted by molar-refractivity contribution is 7.80. The molecular weight excluding hydrogens is 230 g/mol. The van der Waals surface area contributed by atoms with Crippen molar-refractivity contribution in [2.45, 2.75) is 11.4 Å². The molecular formula is C10H9NO2S2. The number of nitrogens with zero attached hydrogens (tertiary/aromatic N) is 1. The van der Waals surface area contributed by atoms with Crippen molar-refractivity contribution in [2.75, 3.05) is 0 Å². The first kappa shape index (κ1) is 10.6. The van der Waals surface area contributed by atoms with Gasteiger partial charge >= 0.3 is 0 Å². The topological polar surface area (TPSA) is 50.2 Å². The number of aldehydes is 1. The van der Waals surface area contributed by atoms with Crippen LogP contribution in [0.25, 0.3) is 10.2 Å². The van der Waals surface area contributed by atoms with Crippen LogP contribution in [0.15, 0.2) is 24.3 Å². The molecule has 0 amide bonds. The summed E-state index contributed by atoms with van der Waals surface area (Å²) in [5.41, 5.74) is 0.870. The number of thiazole rings is 1. The average molecular weight is 239 g/mol. The molecule has 2 aromatic rings. The lowest BCUT2D eigenvalue weighted by Crippen LogP contribution is -2.14. The fourth-order valence-electron chi connectivity index (χ4n) is 1.24. The number of benzene rings is 1. The summed E-state index contributed by atoms with van der Waals surface area (Å²) in [6.45, 7) is 0. The van der Waals surface area contributed by atoms with E-state index in [1.165, 1.54) is 11.3 Å². The molecule has 1 aromatic heterocycles. The molecule has 0 aliphatic rings. The molecule has 1 N–H and O–H groups in total. The zero-order valence-corrected chi connectivity index (χ0v) is 9.41. The fourth-order valence-corrected chi connectivity index (χ4v) is 2.52. The lowest BCUT2D eigenvalue weighted by atomic mass is 10.3. The number of carbonyl (C=O) groups is 1. The predicted octanol–water partition coefficient (Wildman–Crippen LogP) is 1.83. The van der Waals surface area contributed by atoms with Crippen molar-refractivity contribution in [3.63, 3.8) is 0 Å². The third-order valence-corrected chi connectivity index (χ3v) is 3.87. The van der Waals surface area contributed by atoms with E-state index in [1.807, 2.05) is 24.3 Å². The largest absolute Gasteiger partial charge is 0.384 e. The number of aliphatic hydroxyl groups excluding tert-OH is 1. The lowest BCUT2D eigenvalue weighted by molar-refractivity contribution is -0.114. The molecule has 0 saturated heterocycles. The number of carbonyl (C=O) groups excluding carboxylic acids is 1. The first-order valence-electron chi connectivity index (χ1n) is 4.39. The second-order valence-electron chi connectivity index (χ2n) is 3.09. The van der Waals surface area contributed by atoms with E-state index in [1.54, 1.807) is 0 Å². The highest BCUT2D eigenvalue weighted by Gasteiger charge is 2.19. The Morgan fingerprint density at radius 3 is 2.87 bits per heavy atom. The van der Waals surface area contributed by atoms with Gasteiger partial charge in [-0.15, -0.1) is 11.3 Å². The normalized spacial score (nSPS) is 15.1. The van der Waals surface area contributed by atoms with Crippen molar-refractivity contribution in [2.24, 2.45) is 0 Å². The van der Waals surface area contributed by atoms with Gasteiger partial charge in [0.15, 0.2) is 0 Å². The van der Waals surface area contributed by atoms with E-state index in [4.69, 9.17) is 0 Å². The van der Waals surface area contributed by atoms with Crippen molar-refractivity contribution in [3.8, 4) is 0 Å². The Bertz CT molecular complexity index is 450. The number of hydrogen-bond donors (Lipinski definition) is 2. The summed E-state index contributed by atoms with van der Waals surface area (Å²) in [6, 6.07) is 7.66. The molecule has 3 nitrogen and oxygen atoms in total. The number of aliphatic hydroxyl groups is 1. The second-order valence-corrected chi connectivity index (χ2v) is 4.71. The molecule has 78 valence electrons. The first-order chi connectivity index (χ1) is 7.22. The molecule has 0 radical (unpaired) electrons. The van der Waals surface area contributed by atoms with Crippen LogP contribution in [-0.2, 0) is 4.79 Å². The van der Waals surface area contributed by atoms with Crippen LogP contribution in [0.2, 0.25) is 0 Å². The van der Waals surface area contributed by atoms with E-state index in [9.17, 15) is 9.90 Å². The molecule has 0 aliphatic carbocycles. The number of para-hydroxylation sites is 1. The molecule has 15 heavy (non-hydrogen) atoms. The number of hydrogen-bond acceptors (Lipinski definition) is 5. The summed E-state index contributed by atoms with van der Waals surface area (Å²) in [7, 11) is 0. The number of thiol groups is 1. The summed E-state index contributed by atoms with van der Waals surface area (Å²) >= 11 is 5.61. The highest BCUT2D eigenvalue weighted by Crippen LogP contribution is 2.30. The zero-order valence-electron chi connectivity index (χ0n) is 7.70. The summed E-state index contributed by atoms with van der Waals surface area (Å²) in [5, 5.41) is 9.45. The molecule has 0 spiro atoms. The Morgan fingerprint density at radius 2 is 2.20 bits per heavy atom. The maximum absolute atomic E-state index is 10.4. The summed E-state index contributed by atoms with van der Waals surface area (Å²) in [6.07, 6.45) is -0.627. The first-order valence-corrected chi connectivity index (χ1v) is 5.72. The van der Waals surface area contributed by atoms with Crippen LogP contribution < -0.4 is 0 Å². The molecule has 0 aliphatic heterocycles. The summed E-state index contributed by atoms with van der Waals surface area (Å²) < 4.78 is 1.03. The minimum absolute atomic E-state index is 0.476. The molecule has 1 aromatic carbocycles. The monoisotopic (exact) mass is 239 g/mol. The minimum Gasteiger partial charge on any atom is -0.384 e. The quantitative estimate of drug-likeness (QED) is 0.634. The van der Waals surface area contributed by atoms with Crippen molar-refractivity contribution in [3.05, 3.63) is 29.3 Å². The van der Waals surface area contributed by atoms with Gasteiger partial charge in [0.25, 0.3) is 0 Å². The van der Waals surface area contributed by atoms with E-state index in [2.05, 4.69) is 17.6 Å². The van der Waals surface area contributed by atoms with Gasteiger partial charge in [-0.1, -0.05) is 12.1 Å². The molecule has 0 saturated carbocycles. The lowest BCUT2D eigenvalue weighted by Gasteiger charge is -2.08. The second kappa shape index (κ2) is 4.30. The minimum atomic E-state index is -1.10. The fraction of sp³-hybridized carbons (Fsp3) is 0.200. The average Bonchev–Trinajstić information content (AvgIpc) is 2.70. The van der Waals surface area contributed by atoms with Crippen LogP contribution in [0.1, 0.15) is 10.3 Å². The van der Waals surface area contributed by atoms with E-state index in [0.717, 1.165) is 10.2 Å². The van der Waals surface area contributed by atoms with Crippen LogP contribution in [0.4, 0.5) is 0 Å². The smallest absolute Gasteiger partial charge is 0.150 e. The van der Waals surface area contributed by atoms with Crippen molar-refractivity contribution in [1.29, 1.82) is 0 Å².